The minimum Gasteiger partial charge on any atom is -0.435 e. The molecule has 3 aromatic heterocycles. The van der Waals surface area contributed by atoms with E-state index >= 15 is 0 Å². The summed E-state index contributed by atoms with van der Waals surface area (Å²) in [5.41, 5.74) is 2.86. The summed E-state index contributed by atoms with van der Waals surface area (Å²) in [6.45, 7) is -0.910. The zero-order chi connectivity index (χ0) is 23.8. The van der Waals surface area contributed by atoms with Crippen LogP contribution in [0.2, 0.25) is 0 Å². The van der Waals surface area contributed by atoms with Gasteiger partial charge in [-0.25, -0.2) is 4.98 Å². The van der Waals surface area contributed by atoms with Crippen LogP contribution in [0.1, 0.15) is 6.92 Å². The van der Waals surface area contributed by atoms with E-state index in [2.05, 4.69) is 19.9 Å². The van der Waals surface area contributed by atoms with Crippen LogP contribution in [0.25, 0.3) is 38.8 Å². The maximum absolute atomic E-state index is 13.7. The number of benzene rings is 2. The molecule has 5 aromatic rings. The molecule has 0 saturated carbocycles. The Balaban J connectivity index is 1.74. The van der Waals surface area contributed by atoms with Crippen LogP contribution in [0.15, 0.2) is 70.6 Å². The molecule has 2 aromatic carbocycles. The van der Waals surface area contributed by atoms with Gasteiger partial charge >= 0.3 is 6.61 Å². The van der Waals surface area contributed by atoms with E-state index in [9.17, 15) is 13.6 Å². The van der Waals surface area contributed by atoms with Crippen LogP contribution >= 0.6 is 11.8 Å². The van der Waals surface area contributed by atoms with Crippen molar-refractivity contribution < 1.29 is 13.5 Å². The Kier molecular flexibility index (Phi) is 5.74. The van der Waals surface area contributed by atoms with Crippen LogP contribution in [0.5, 0.6) is 5.75 Å². The quantitative estimate of drug-likeness (QED) is 0.318. The SMILES string of the molecule is CCSc1ccc2nn(-c3ccc4nn(C)cc4c3)c(=O)c(-c3ccc(OC(F)F)cc3)c2n1. The average Bonchev–Trinajstić information content (AvgIpc) is 3.18. The zero-order valence-corrected chi connectivity index (χ0v) is 19.1. The first-order valence-corrected chi connectivity index (χ1v) is 11.5. The van der Waals surface area contributed by atoms with E-state index in [0.717, 1.165) is 21.7 Å². The van der Waals surface area contributed by atoms with Gasteiger partial charge in [-0.15, -0.1) is 11.8 Å². The third-order valence-electron chi connectivity index (χ3n) is 5.21. The lowest BCUT2D eigenvalue weighted by atomic mass is 10.1. The van der Waals surface area contributed by atoms with E-state index in [4.69, 9.17) is 0 Å². The van der Waals surface area contributed by atoms with E-state index in [1.165, 1.54) is 16.8 Å². The van der Waals surface area contributed by atoms with Gasteiger partial charge in [-0.2, -0.15) is 23.7 Å². The fourth-order valence-electron chi connectivity index (χ4n) is 3.79. The van der Waals surface area contributed by atoms with Crippen molar-refractivity contribution in [2.24, 2.45) is 7.05 Å². The lowest BCUT2D eigenvalue weighted by Crippen LogP contribution is -2.23. The second-order valence-electron chi connectivity index (χ2n) is 7.49. The summed E-state index contributed by atoms with van der Waals surface area (Å²) in [5.74, 6) is 0.831. The number of fused-ring (bicyclic) bond motifs is 2. The van der Waals surface area contributed by atoms with Crippen LogP contribution in [-0.4, -0.2) is 36.9 Å². The van der Waals surface area contributed by atoms with Crippen LogP contribution < -0.4 is 10.3 Å². The molecular weight excluding hydrogens is 460 g/mol. The number of hydrogen-bond donors (Lipinski definition) is 0. The Morgan fingerprint density at radius 1 is 1.03 bits per heavy atom. The molecule has 0 spiro atoms. The van der Waals surface area contributed by atoms with Gasteiger partial charge in [0.15, 0.2) is 0 Å². The smallest absolute Gasteiger partial charge is 0.387 e. The number of alkyl halides is 2. The van der Waals surface area contributed by atoms with Crippen molar-refractivity contribution in [2.45, 2.75) is 18.6 Å². The molecule has 0 aliphatic carbocycles. The predicted molar refractivity (Wildman–Crippen MR) is 128 cm³/mol. The summed E-state index contributed by atoms with van der Waals surface area (Å²) in [6, 6.07) is 15.1. The molecule has 0 radical (unpaired) electrons. The van der Waals surface area contributed by atoms with Gasteiger partial charge in [-0.05, 0) is 53.8 Å². The van der Waals surface area contributed by atoms with Crippen LogP contribution in [0.3, 0.4) is 0 Å². The Morgan fingerprint density at radius 3 is 2.53 bits per heavy atom. The minimum absolute atomic E-state index is 0.00894. The fourth-order valence-corrected chi connectivity index (χ4v) is 4.41. The van der Waals surface area contributed by atoms with Crippen molar-refractivity contribution in [3.8, 4) is 22.6 Å². The maximum Gasteiger partial charge on any atom is 0.387 e. The lowest BCUT2D eigenvalue weighted by molar-refractivity contribution is -0.0498. The molecule has 0 bridgehead atoms. The van der Waals surface area contributed by atoms with Gasteiger partial charge in [0.1, 0.15) is 16.8 Å². The summed E-state index contributed by atoms with van der Waals surface area (Å²) in [5, 5.41) is 10.6. The van der Waals surface area contributed by atoms with Gasteiger partial charge in [0, 0.05) is 18.6 Å². The molecule has 0 unspecified atom stereocenters. The Hall–Kier alpha value is -3.79. The Bertz CT molecular complexity index is 1560. The highest BCUT2D eigenvalue weighted by atomic mass is 32.2. The third kappa shape index (κ3) is 4.12. The molecule has 0 saturated heterocycles. The number of rotatable bonds is 6. The molecule has 0 fully saturated rings. The summed E-state index contributed by atoms with van der Waals surface area (Å²) in [4.78, 5) is 18.4. The molecule has 10 heteroatoms. The van der Waals surface area contributed by atoms with E-state index in [0.29, 0.717) is 27.8 Å². The average molecular weight is 480 g/mol. The molecule has 0 aliphatic heterocycles. The van der Waals surface area contributed by atoms with Crippen LogP contribution in [0, 0.1) is 0 Å². The minimum atomic E-state index is -2.93. The highest BCUT2D eigenvalue weighted by molar-refractivity contribution is 7.99. The predicted octanol–water partition coefficient (Wildman–Crippen LogP) is 5.05. The van der Waals surface area contributed by atoms with Gasteiger partial charge in [-0.3, -0.25) is 9.48 Å². The number of aryl methyl sites for hydroxylation is 1. The second-order valence-corrected chi connectivity index (χ2v) is 8.78. The van der Waals surface area contributed by atoms with Gasteiger partial charge in [0.05, 0.1) is 21.8 Å². The summed E-state index contributed by atoms with van der Waals surface area (Å²) >= 11 is 1.55. The normalized spacial score (nSPS) is 11.6. The van der Waals surface area contributed by atoms with Crippen molar-refractivity contribution in [3.05, 3.63) is 71.1 Å². The number of nitrogens with zero attached hydrogens (tertiary/aromatic N) is 5. The molecule has 0 amide bonds. The number of pyridine rings is 1. The van der Waals surface area contributed by atoms with Gasteiger partial charge in [0.2, 0.25) is 0 Å². The molecule has 0 atom stereocenters. The number of hydrogen-bond acceptors (Lipinski definition) is 6. The highest BCUT2D eigenvalue weighted by Gasteiger charge is 2.18. The summed E-state index contributed by atoms with van der Waals surface area (Å²) in [6.07, 6.45) is 1.86. The molecule has 5 rings (SSSR count). The summed E-state index contributed by atoms with van der Waals surface area (Å²) in [7, 11) is 1.83. The van der Waals surface area contributed by atoms with Crippen molar-refractivity contribution in [3.63, 3.8) is 0 Å². The largest absolute Gasteiger partial charge is 0.435 e. The van der Waals surface area contributed by atoms with Crippen LogP contribution in [-0.2, 0) is 7.05 Å². The van der Waals surface area contributed by atoms with Crippen LogP contribution in [0.4, 0.5) is 8.78 Å². The van der Waals surface area contributed by atoms with Gasteiger partial charge in [0.25, 0.3) is 5.56 Å². The van der Waals surface area contributed by atoms with Gasteiger partial charge in [-0.1, -0.05) is 19.1 Å². The van der Waals surface area contributed by atoms with E-state index in [1.807, 2.05) is 44.4 Å². The molecule has 0 N–H and O–H groups in total. The van der Waals surface area contributed by atoms with Gasteiger partial charge < -0.3 is 4.74 Å². The standard InChI is InChI=1S/C24H19F2N5O2S/c1-3-34-20-11-10-19-22(27-20)21(14-4-7-17(8-5-14)33-24(25)26)23(32)31(29-19)16-6-9-18-15(12-16)13-30(2)28-18/h4-13,24H,3H2,1-2H3. The maximum atomic E-state index is 13.7. The lowest BCUT2D eigenvalue weighted by Gasteiger charge is -2.12. The summed E-state index contributed by atoms with van der Waals surface area (Å²) < 4.78 is 32.7. The molecule has 3 heterocycles. The number of halogens is 2. The monoisotopic (exact) mass is 479 g/mol. The highest BCUT2D eigenvalue weighted by Crippen LogP contribution is 2.28. The molecule has 0 aliphatic rings. The number of aromatic nitrogens is 5. The Labute approximate surface area is 197 Å². The van der Waals surface area contributed by atoms with Crippen molar-refractivity contribution in [1.29, 1.82) is 0 Å². The first kappa shape index (κ1) is 22.0. The van der Waals surface area contributed by atoms with E-state index in [-0.39, 0.29) is 11.3 Å². The molecule has 34 heavy (non-hydrogen) atoms. The second kappa shape index (κ2) is 8.86. The van der Waals surface area contributed by atoms with E-state index in [1.54, 1.807) is 34.6 Å². The van der Waals surface area contributed by atoms with Crippen molar-refractivity contribution in [1.82, 2.24) is 24.5 Å². The molecular formula is C24H19F2N5O2S. The van der Waals surface area contributed by atoms with Crippen molar-refractivity contribution in [2.75, 3.05) is 5.75 Å². The topological polar surface area (TPSA) is 74.8 Å². The third-order valence-corrected chi connectivity index (χ3v) is 6.02. The zero-order valence-electron chi connectivity index (χ0n) is 18.3. The Morgan fingerprint density at radius 2 is 1.79 bits per heavy atom. The number of ether oxygens (including phenoxy) is 1. The number of thioether (sulfide) groups is 1. The first-order chi connectivity index (χ1) is 16.4. The first-order valence-electron chi connectivity index (χ1n) is 10.5. The molecule has 7 nitrogen and oxygen atoms in total. The fraction of sp³-hybridized carbons (Fsp3) is 0.167. The van der Waals surface area contributed by atoms with E-state index < -0.39 is 6.61 Å². The van der Waals surface area contributed by atoms with Crippen molar-refractivity contribution >= 4 is 33.7 Å². The molecule has 172 valence electrons.